The van der Waals surface area contributed by atoms with Crippen LogP contribution in [0, 0.1) is 35.5 Å². The number of ether oxygens (including phenoxy) is 1. The summed E-state index contributed by atoms with van der Waals surface area (Å²) in [4.78, 5) is 23.2. The number of hydrogen-bond acceptors (Lipinski definition) is 3. The summed E-state index contributed by atoms with van der Waals surface area (Å²) in [7, 11) is 1.76. The smallest absolute Gasteiger partial charge is 0.306 e. The van der Waals surface area contributed by atoms with Crippen LogP contribution in [-0.4, -0.2) is 36.2 Å². The molecule has 5 nitrogen and oxygen atoms in total. The van der Waals surface area contributed by atoms with Crippen molar-refractivity contribution in [1.82, 2.24) is 5.32 Å². The van der Waals surface area contributed by atoms with Gasteiger partial charge in [0.05, 0.1) is 12.0 Å². The van der Waals surface area contributed by atoms with Crippen molar-refractivity contribution < 1.29 is 19.4 Å². The molecule has 0 aromatic heterocycles. The number of carboxylic acid groups (broad SMARTS) is 1. The van der Waals surface area contributed by atoms with Gasteiger partial charge in [0, 0.05) is 19.1 Å². The van der Waals surface area contributed by atoms with Gasteiger partial charge >= 0.3 is 5.97 Å². The fourth-order valence-corrected chi connectivity index (χ4v) is 4.77. The molecular weight excluding hydrogens is 270 g/mol. The Kier molecular flexibility index (Phi) is 3.03. The van der Waals surface area contributed by atoms with Gasteiger partial charge in [-0.05, 0) is 55.8 Å². The molecule has 0 aliphatic heterocycles. The third kappa shape index (κ3) is 2.26. The Morgan fingerprint density at radius 3 is 2.52 bits per heavy atom. The lowest BCUT2D eigenvalue weighted by atomic mass is 9.73. The van der Waals surface area contributed by atoms with Crippen molar-refractivity contribution in [1.29, 1.82) is 0 Å². The Hall–Kier alpha value is -1.10. The van der Waals surface area contributed by atoms with E-state index >= 15 is 0 Å². The summed E-state index contributed by atoms with van der Waals surface area (Å²) in [6.07, 6.45) is 5.22. The maximum Gasteiger partial charge on any atom is 0.306 e. The van der Waals surface area contributed by atoms with Gasteiger partial charge in [0.1, 0.15) is 0 Å². The highest BCUT2D eigenvalue weighted by molar-refractivity contribution is 5.80. The Morgan fingerprint density at radius 1 is 1.05 bits per heavy atom. The molecule has 0 bridgehead atoms. The zero-order valence-electron chi connectivity index (χ0n) is 12.3. The van der Waals surface area contributed by atoms with Crippen molar-refractivity contribution in [2.75, 3.05) is 7.11 Å². The van der Waals surface area contributed by atoms with Crippen LogP contribution in [0.4, 0.5) is 0 Å². The lowest BCUT2D eigenvalue weighted by Gasteiger charge is -2.39. The maximum absolute atomic E-state index is 12.3. The monoisotopic (exact) mass is 293 g/mol. The largest absolute Gasteiger partial charge is 0.481 e. The Balaban J connectivity index is 1.24. The third-order valence-electron chi connectivity index (χ3n) is 6.31. The highest BCUT2D eigenvalue weighted by Crippen LogP contribution is 2.55. The second-order valence-corrected chi connectivity index (χ2v) is 7.46. The predicted octanol–water partition coefficient (Wildman–Crippen LogP) is 1.27. The van der Waals surface area contributed by atoms with Crippen molar-refractivity contribution in [2.45, 2.75) is 44.2 Å². The van der Waals surface area contributed by atoms with Crippen LogP contribution in [0.2, 0.25) is 0 Å². The number of nitrogens with one attached hydrogen (secondary N) is 1. The normalized spacial score (nSPS) is 50.0. The number of carbonyl (C=O) groups is 2. The van der Waals surface area contributed by atoms with E-state index < -0.39 is 5.97 Å². The van der Waals surface area contributed by atoms with Crippen LogP contribution >= 0.6 is 0 Å². The molecule has 21 heavy (non-hydrogen) atoms. The topological polar surface area (TPSA) is 75.6 Å². The van der Waals surface area contributed by atoms with E-state index in [1.165, 1.54) is 0 Å². The Bertz CT molecular complexity index is 479. The number of carboxylic acids is 1. The fourth-order valence-electron chi connectivity index (χ4n) is 4.77. The highest BCUT2D eigenvalue weighted by atomic mass is 16.5. The lowest BCUT2D eigenvalue weighted by molar-refractivity contribution is -0.138. The van der Waals surface area contributed by atoms with E-state index in [1.54, 1.807) is 7.11 Å². The zero-order valence-corrected chi connectivity index (χ0v) is 12.3. The molecule has 0 heterocycles. The standard InChI is InChI=1S/C16H23NO4/c1-21-14-4-7-2-8(3-9(7)14)15(18)17-13-6-11(13)10-5-12(10)16(19)20/h7-14H,2-6H2,1H3,(H,17,18)(H,19,20)/t7-,8?,9-,10-,11+,12-,13+,14?/m0/s1. The van der Waals surface area contributed by atoms with Crippen molar-refractivity contribution >= 4 is 11.9 Å². The molecule has 4 saturated carbocycles. The summed E-state index contributed by atoms with van der Waals surface area (Å²) in [5.41, 5.74) is 0. The van der Waals surface area contributed by atoms with Gasteiger partial charge in [-0.2, -0.15) is 0 Å². The van der Waals surface area contributed by atoms with Crippen LogP contribution in [-0.2, 0) is 14.3 Å². The highest BCUT2D eigenvalue weighted by Gasteiger charge is 2.57. The van der Waals surface area contributed by atoms with Crippen molar-refractivity contribution in [3.8, 4) is 0 Å². The third-order valence-corrected chi connectivity index (χ3v) is 6.31. The number of fused-ring (bicyclic) bond motifs is 1. The van der Waals surface area contributed by atoms with Crippen LogP contribution in [0.3, 0.4) is 0 Å². The van der Waals surface area contributed by atoms with E-state index in [1.807, 2.05) is 0 Å². The molecule has 0 aromatic carbocycles. The van der Waals surface area contributed by atoms with Crippen molar-refractivity contribution in [3.63, 3.8) is 0 Å². The molecule has 4 rings (SSSR count). The van der Waals surface area contributed by atoms with E-state index in [4.69, 9.17) is 9.84 Å². The molecule has 0 spiro atoms. The van der Waals surface area contributed by atoms with Gasteiger partial charge in [-0.15, -0.1) is 0 Å². The van der Waals surface area contributed by atoms with Crippen LogP contribution in [0.1, 0.15) is 32.1 Å². The summed E-state index contributed by atoms with van der Waals surface area (Å²) in [5, 5.41) is 12.1. The van der Waals surface area contributed by atoms with E-state index in [9.17, 15) is 9.59 Å². The number of rotatable bonds is 5. The molecule has 116 valence electrons. The van der Waals surface area contributed by atoms with Crippen LogP contribution in [0.5, 0.6) is 0 Å². The second-order valence-electron chi connectivity index (χ2n) is 7.46. The molecule has 1 amide bonds. The maximum atomic E-state index is 12.3. The fraction of sp³-hybridized carbons (Fsp3) is 0.875. The first-order valence-electron chi connectivity index (χ1n) is 8.14. The van der Waals surface area contributed by atoms with Crippen molar-refractivity contribution in [3.05, 3.63) is 0 Å². The second kappa shape index (κ2) is 4.70. The quantitative estimate of drug-likeness (QED) is 0.800. The molecule has 2 unspecified atom stereocenters. The first-order chi connectivity index (χ1) is 10.1. The number of aliphatic carboxylic acids is 1. The van der Waals surface area contributed by atoms with E-state index in [-0.39, 0.29) is 23.8 Å². The summed E-state index contributed by atoms with van der Waals surface area (Å²) in [5.74, 6) is 1.51. The first-order valence-corrected chi connectivity index (χ1v) is 8.14. The van der Waals surface area contributed by atoms with Gasteiger partial charge in [-0.25, -0.2) is 0 Å². The van der Waals surface area contributed by atoms with Gasteiger partial charge in [-0.3, -0.25) is 9.59 Å². The van der Waals surface area contributed by atoms with Gasteiger partial charge in [-0.1, -0.05) is 0 Å². The molecule has 4 aliphatic rings. The Morgan fingerprint density at radius 2 is 1.86 bits per heavy atom. The van der Waals surface area contributed by atoms with Crippen LogP contribution in [0.25, 0.3) is 0 Å². The Labute approximate surface area is 124 Å². The van der Waals surface area contributed by atoms with Gasteiger partial charge in [0.25, 0.3) is 0 Å². The molecular formula is C16H23NO4. The molecule has 0 aromatic rings. The average Bonchev–Trinajstić information content (AvgIpc) is 3.29. The predicted molar refractivity (Wildman–Crippen MR) is 74.4 cm³/mol. The SMILES string of the molecule is COC1C[C@@H]2CC(C(=O)N[C@@H]3C[C@@H]3[C@@H]3C[C@@H]3C(=O)O)C[C@H]12. The lowest BCUT2D eigenvalue weighted by Crippen LogP contribution is -2.38. The summed E-state index contributed by atoms with van der Waals surface area (Å²) >= 11 is 0. The summed E-state index contributed by atoms with van der Waals surface area (Å²) in [6, 6.07) is 0.239. The van der Waals surface area contributed by atoms with Gasteiger partial charge < -0.3 is 15.2 Å². The molecule has 0 radical (unpaired) electrons. The molecule has 5 heteroatoms. The minimum absolute atomic E-state index is 0.149. The average molecular weight is 293 g/mol. The molecule has 8 atom stereocenters. The van der Waals surface area contributed by atoms with Crippen LogP contribution in [0.15, 0.2) is 0 Å². The first kappa shape index (κ1) is 13.6. The van der Waals surface area contributed by atoms with E-state index in [0.717, 1.165) is 32.1 Å². The molecule has 0 saturated heterocycles. The number of carbonyl (C=O) groups excluding carboxylic acids is 1. The van der Waals surface area contributed by atoms with Crippen molar-refractivity contribution in [2.24, 2.45) is 35.5 Å². The number of amides is 1. The number of methoxy groups -OCH3 is 1. The van der Waals surface area contributed by atoms with Crippen LogP contribution < -0.4 is 5.32 Å². The van der Waals surface area contributed by atoms with Gasteiger partial charge in [0.15, 0.2) is 0 Å². The molecule has 2 N–H and O–H groups in total. The molecule has 4 aliphatic carbocycles. The van der Waals surface area contributed by atoms with Gasteiger partial charge in [0.2, 0.25) is 5.91 Å². The minimum Gasteiger partial charge on any atom is -0.481 e. The number of hydrogen-bond donors (Lipinski definition) is 2. The van der Waals surface area contributed by atoms with E-state index in [0.29, 0.717) is 29.8 Å². The molecule has 4 fully saturated rings. The zero-order chi connectivity index (χ0) is 14.7. The summed E-state index contributed by atoms with van der Waals surface area (Å²) < 4.78 is 5.43. The minimum atomic E-state index is -0.671. The summed E-state index contributed by atoms with van der Waals surface area (Å²) in [6.45, 7) is 0. The van der Waals surface area contributed by atoms with E-state index in [2.05, 4.69) is 5.32 Å².